The topological polar surface area (TPSA) is 68.0 Å². The first kappa shape index (κ1) is 18.8. The Balaban J connectivity index is 1.19. The second-order valence-electron chi connectivity index (χ2n) is 7.90. The number of anilines is 1. The van der Waals surface area contributed by atoms with E-state index in [9.17, 15) is 4.79 Å². The van der Waals surface area contributed by atoms with Gasteiger partial charge in [-0.2, -0.15) is 4.98 Å². The molecule has 2 aromatic carbocycles. The quantitative estimate of drug-likeness (QED) is 0.660. The van der Waals surface area contributed by atoms with Crippen LogP contribution in [0.4, 0.5) is 6.01 Å². The molecule has 2 aliphatic heterocycles. The monoisotopic (exact) mass is 407 g/mol. The van der Waals surface area contributed by atoms with Crippen molar-refractivity contribution in [2.24, 2.45) is 5.92 Å². The van der Waals surface area contributed by atoms with Crippen molar-refractivity contribution in [2.75, 3.05) is 38.3 Å². The maximum atomic E-state index is 13.0. The van der Waals surface area contributed by atoms with E-state index in [1.807, 2.05) is 54.4 Å². The first-order valence-corrected chi connectivity index (χ1v) is 10.4. The van der Waals surface area contributed by atoms with E-state index in [1.165, 1.54) is 0 Å². The number of oxazole rings is 1. The van der Waals surface area contributed by atoms with Crippen LogP contribution in [0, 0.1) is 5.92 Å². The van der Waals surface area contributed by atoms with Crippen molar-refractivity contribution in [3.8, 4) is 11.5 Å². The van der Waals surface area contributed by atoms with Crippen LogP contribution >= 0.6 is 0 Å². The summed E-state index contributed by atoms with van der Waals surface area (Å²) >= 11 is 0. The normalized spacial score (nSPS) is 16.6. The molecule has 0 spiro atoms. The molecule has 7 heteroatoms. The summed E-state index contributed by atoms with van der Waals surface area (Å²) in [5, 5.41) is 0. The Morgan fingerprint density at radius 1 is 1.10 bits per heavy atom. The second kappa shape index (κ2) is 7.89. The van der Waals surface area contributed by atoms with Gasteiger partial charge >= 0.3 is 0 Å². The highest BCUT2D eigenvalue weighted by Gasteiger charge is 2.29. The minimum absolute atomic E-state index is 0.0211. The molecule has 2 aliphatic rings. The summed E-state index contributed by atoms with van der Waals surface area (Å²) in [5.41, 5.74) is 2.70. The van der Waals surface area contributed by atoms with E-state index < -0.39 is 0 Å². The molecule has 3 aromatic rings. The minimum Gasteiger partial charge on any atom is -0.486 e. The number of fused-ring (bicyclic) bond motifs is 2. The van der Waals surface area contributed by atoms with Crippen molar-refractivity contribution in [3.63, 3.8) is 0 Å². The third kappa shape index (κ3) is 3.67. The van der Waals surface area contributed by atoms with E-state index in [0.717, 1.165) is 54.1 Å². The van der Waals surface area contributed by atoms with Gasteiger partial charge in [0.2, 0.25) is 5.91 Å². The van der Waals surface area contributed by atoms with E-state index in [1.54, 1.807) is 0 Å². The van der Waals surface area contributed by atoms with E-state index in [4.69, 9.17) is 13.9 Å². The number of carbonyl (C=O) groups is 1. The largest absolute Gasteiger partial charge is 0.486 e. The Labute approximate surface area is 175 Å². The highest BCUT2D eigenvalue weighted by Crippen LogP contribution is 2.31. The number of rotatable bonds is 4. The summed E-state index contributed by atoms with van der Waals surface area (Å²) in [6, 6.07) is 14.3. The molecule has 0 bridgehead atoms. The van der Waals surface area contributed by atoms with E-state index in [2.05, 4.69) is 9.88 Å². The van der Waals surface area contributed by atoms with Crippen LogP contribution in [0.15, 0.2) is 46.9 Å². The van der Waals surface area contributed by atoms with E-state index in [0.29, 0.717) is 25.8 Å². The first-order valence-electron chi connectivity index (χ1n) is 10.4. The molecule has 156 valence electrons. The minimum atomic E-state index is 0.0211. The third-order valence-corrected chi connectivity index (χ3v) is 5.80. The Bertz CT molecular complexity index is 1020. The van der Waals surface area contributed by atoms with Crippen molar-refractivity contribution in [1.29, 1.82) is 0 Å². The van der Waals surface area contributed by atoms with Crippen LogP contribution < -0.4 is 14.4 Å². The number of carbonyl (C=O) groups excluding carboxylic acids is 1. The van der Waals surface area contributed by atoms with Crippen molar-refractivity contribution in [2.45, 2.75) is 19.4 Å². The summed E-state index contributed by atoms with van der Waals surface area (Å²) in [7, 11) is 1.87. The lowest BCUT2D eigenvalue weighted by Gasteiger charge is -2.32. The van der Waals surface area contributed by atoms with Gasteiger partial charge < -0.3 is 23.7 Å². The summed E-state index contributed by atoms with van der Waals surface area (Å²) in [6.07, 6.45) is 1.59. The van der Waals surface area contributed by atoms with Gasteiger partial charge in [0, 0.05) is 32.6 Å². The third-order valence-electron chi connectivity index (χ3n) is 5.80. The lowest BCUT2D eigenvalue weighted by atomic mass is 9.95. The zero-order valence-corrected chi connectivity index (χ0v) is 17.0. The molecule has 1 amide bonds. The lowest BCUT2D eigenvalue weighted by Crippen LogP contribution is -2.41. The fraction of sp³-hybridized carbons (Fsp3) is 0.391. The van der Waals surface area contributed by atoms with Crippen molar-refractivity contribution in [3.05, 3.63) is 48.0 Å². The highest BCUT2D eigenvalue weighted by molar-refractivity contribution is 5.79. The predicted molar refractivity (Wildman–Crippen MR) is 113 cm³/mol. The number of amides is 1. The Morgan fingerprint density at radius 3 is 2.67 bits per heavy atom. The number of hydrogen-bond donors (Lipinski definition) is 0. The van der Waals surface area contributed by atoms with E-state index >= 15 is 0 Å². The molecule has 7 nitrogen and oxygen atoms in total. The summed E-state index contributed by atoms with van der Waals surface area (Å²) in [6.45, 7) is 3.22. The molecular weight excluding hydrogens is 382 g/mol. The summed E-state index contributed by atoms with van der Waals surface area (Å²) in [4.78, 5) is 21.5. The van der Waals surface area contributed by atoms with Crippen LogP contribution in [-0.4, -0.2) is 49.1 Å². The van der Waals surface area contributed by atoms with Crippen LogP contribution in [0.3, 0.4) is 0 Å². The SMILES string of the molecule is CN(Cc1ccc2c(c1)OCCO2)C(=O)C1CCN(c2nc3ccccc3o2)CC1. The van der Waals surface area contributed by atoms with Gasteiger partial charge in [-0.25, -0.2) is 0 Å². The molecule has 0 N–H and O–H groups in total. The van der Waals surface area contributed by atoms with Crippen LogP contribution in [0.25, 0.3) is 11.1 Å². The van der Waals surface area contributed by atoms with Gasteiger partial charge in [-0.05, 0) is 42.7 Å². The van der Waals surface area contributed by atoms with Crippen LogP contribution in [-0.2, 0) is 11.3 Å². The molecule has 0 unspecified atom stereocenters. The maximum Gasteiger partial charge on any atom is 0.298 e. The number of benzene rings is 2. The number of hydrogen-bond acceptors (Lipinski definition) is 6. The number of ether oxygens (including phenoxy) is 2. The van der Waals surface area contributed by atoms with E-state index in [-0.39, 0.29) is 11.8 Å². The zero-order chi connectivity index (χ0) is 20.5. The zero-order valence-electron chi connectivity index (χ0n) is 17.0. The smallest absolute Gasteiger partial charge is 0.298 e. The van der Waals surface area contributed by atoms with Crippen LogP contribution in [0.1, 0.15) is 18.4 Å². The predicted octanol–water partition coefficient (Wildman–Crippen LogP) is 3.47. The van der Waals surface area contributed by atoms with Gasteiger partial charge in [-0.1, -0.05) is 18.2 Å². The number of aromatic nitrogens is 1. The average molecular weight is 407 g/mol. The maximum absolute atomic E-state index is 13.0. The molecule has 3 heterocycles. The van der Waals surface area contributed by atoms with Gasteiger partial charge in [0.1, 0.15) is 18.7 Å². The molecule has 0 saturated carbocycles. The molecule has 1 saturated heterocycles. The number of nitrogens with zero attached hydrogens (tertiary/aromatic N) is 3. The molecule has 1 fully saturated rings. The summed E-state index contributed by atoms with van der Waals surface area (Å²) in [5.74, 6) is 1.73. The van der Waals surface area contributed by atoms with Crippen molar-refractivity contribution in [1.82, 2.24) is 9.88 Å². The van der Waals surface area contributed by atoms with Gasteiger partial charge in [0.25, 0.3) is 6.01 Å². The fourth-order valence-electron chi connectivity index (χ4n) is 4.16. The van der Waals surface area contributed by atoms with Crippen molar-refractivity contribution >= 4 is 23.0 Å². The Morgan fingerprint density at radius 2 is 1.87 bits per heavy atom. The van der Waals surface area contributed by atoms with Crippen LogP contribution in [0.2, 0.25) is 0 Å². The molecule has 1 aromatic heterocycles. The van der Waals surface area contributed by atoms with Crippen LogP contribution in [0.5, 0.6) is 11.5 Å². The standard InChI is InChI=1S/C23H25N3O4/c1-25(15-16-6-7-20-21(14-16)29-13-12-28-20)22(27)17-8-10-26(11-9-17)23-24-18-4-2-3-5-19(18)30-23/h2-7,14,17H,8-13,15H2,1H3. The van der Waals surface area contributed by atoms with Gasteiger partial charge in [0.05, 0.1) is 0 Å². The second-order valence-corrected chi connectivity index (χ2v) is 7.90. The Kier molecular flexibility index (Phi) is 4.94. The number of para-hydroxylation sites is 2. The number of piperidine rings is 1. The fourth-order valence-corrected chi connectivity index (χ4v) is 4.16. The average Bonchev–Trinajstić information content (AvgIpc) is 3.23. The molecule has 0 atom stereocenters. The van der Waals surface area contributed by atoms with Gasteiger partial charge in [-0.3, -0.25) is 4.79 Å². The molecule has 0 radical (unpaired) electrons. The molecule has 30 heavy (non-hydrogen) atoms. The van der Waals surface area contributed by atoms with Gasteiger partial charge in [0.15, 0.2) is 17.1 Å². The molecule has 5 rings (SSSR count). The lowest BCUT2D eigenvalue weighted by molar-refractivity contribution is -0.135. The molecular formula is C23H25N3O4. The highest BCUT2D eigenvalue weighted by atomic mass is 16.6. The van der Waals surface area contributed by atoms with Crippen molar-refractivity contribution < 1.29 is 18.7 Å². The van der Waals surface area contributed by atoms with Gasteiger partial charge in [-0.15, -0.1) is 0 Å². The molecule has 0 aliphatic carbocycles. The first-order chi connectivity index (χ1) is 14.7. The summed E-state index contributed by atoms with van der Waals surface area (Å²) < 4.78 is 17.1. The Hall–Kier alpha value is -3.22.